The predicted molar refractivity (Wildman–Crippen MR) is 119 cm³/mol. The standard InChI is InChI=1S/C24H28F4N4O3/c1-31(2)23(34)17-13-32(15-5-8-24(27,28)9-6-15)10-7-19(17)29-22(33)20-12-21(35-30-20)16-4-3-14(25)11-18(16)26/h3-4,11-12,15,17,19H,5-10,13H2,1-2H3,(H,29,33)/t17-,19-/m1/s1. The molecule has 0 bridgehead atoms. The van der Waals surface area contributed by atoms with Crippen molar-refractivity contribution in [3.63, 3.8) is 0 Å². The topological polar surface area (TPSA) is 78.7 Å². The van der Waals surface area contributed by atoms with E-state index < -0.39 is 35.4 Å². The number of alkyl halides is 2. The van der Waals surface area contributed by atoms with Gasteiger partial charge >= 0.3 is 0 Å². The van der Waals surface area contributed by atoms with Crippen molar-refractivity contribution in [3.8, 4) is 11.3 Å². The van der Waals surface area contributed by atoms with Crippen molar-refractivity contribution < 1.29 is 31.7 Å². The van der Waals surface area contributed by atoms with Gasteiger partial charge in [0.15, 0.2) is 11.5 Å². The van der Waals surface area contributed by atoms with Gasteiger partial charge in [-0.2, -0.15) is 0 Å². The molecule has 11 heteroatoms. The second kappa shape index (κ2) is 9.96. The van der Waals surface area contributed by atoms with Crippen molar-refractivity contribution in [1.29, 1.82) is 0 Å². The Hall–Kier alpha value is -2.95. The number of hydrogen-bond acceptors (Lipinski definition) is 5. The number of rotatable bonds is 5. The second-order valence-corrected chi connectivity index (χ2v) is 9.49. The monoisotopic (exact) mass is 496 g/mol. The number of nitrogens with one attached hydrogen (secondary N) is 1. The zero-order valence-corrected chi connectivity index (χ0v) is 19.6. The number of halogens is 4. The van der Waals surface area contributed by atoms with Crippen LogP contribution < -0.4 is 5.32 Å². The Morgan fingerprint density at radius 2 is 1.86 bits per heavy atom. The van der Waals surface area contributed by atoms with Crippen LogP contribution in [-0.2, 0) is 4.79 Å². The lowest BCUT2D eigenvalue weighted by Crippen LogP contribution is -2.58. The maximum absolute atomic E-state index is 14.1. The maximum Gasteiger partial charge on any atom is 0.273 e. The van der Waals surface area contributed by atoms with Crippen LogP contribution in [-0.4, -0.2) is 72.0 Å². The summed E-state index contributed by atoms with van der Waals surface area (Å²) < 4.78 is 59.5. The molecule has 2 atom stereocenters. The van der Waals surface area contributed by atoms with Gasteiger partial charge in [-0.15, -0.1) is 0 Å². The highest BCUT2D eigenvalue weighted by Crippen LogP contribution is 2.36. The van der Waals surface area contributed by atoms with Crippen LogP contribution in [0.15, 0.2) is 28.8 Å². The van der Waals surface area contributed by atoms with E-state index in [0.29, 0.717) is 38.4 Å². The predicted octanol–water partition coefficient (Wildman–Crippen LogP) is 3.71. The van der Waals surface area contributed by atoms with Crippen LogP contribution >= 0.6 is 0 Å². The van der Waals surface area contributed by atoms with Crippen molar-refractivity contribution in [2.24, 2.45) is 5.92 Å². The van der Waals surface area contributed by atoms with E-state index in [9.17, 15) is 27.2 Å². The Bertz CT molecular complexity index is 1080. The van der Waals surface area contributed by atoms with Crippen molar-refractivity contribution in [2.45, 2.75) is 50.1 Å². The van der Waals surface area contributed by atoms with Gasteiger partial charge in [-0.05, 0) is 31.4 Å². The van der Waals surface area contributed by atoms with Gasteiger partial charge in [-0.1, -0.05) is 5.16 Å². The van der Waals surface area contributed by atoms with Gasteiger partial charge in [-0.3, -0.25) is 14.5 Å². The van der Waals surface area contributed by atoms with E-state index in [1.165, 1.54) is 17.0 Å². The smallest absolute Gasteiger partial charge is 0.273 e. The number of nitrogens with zero attached hydrogens (tertiary/aromatic N) is 3. The average molecular weight is 497 g/mol. The van der Waals surface area contributed by atoms with Crippen LogP contribution in [0.4, 0.5) is 17.6 Å². The molecule has 1 aromatic heterocycles. The summed E-state index contributed by atoms with van der Waals surface area (Å²) in [5.74, 6) is -5.57. The molecule has 2 heterocycles. The first-order valence-electron chi connectivity index (χ1n) is 11.6. The normalized spacial score (nSPS) is 23.1. The molecule has 4 rings (SSSR count). The molecule has 1 aliphatic heterocycles. The Morgan fingerprint density at radius 1 is 1.14 bits per heavy atom. The molecule has 1 aliphatic carbocycles. The number of likely N-dealkylation sites (tertiary alicyclic amines) is 1. The van der Waals surface area contributed by atoms with Crippen LogP contribution in [0.3, 0.4) is 0 Å². The average Bonchev–Trinajstić information content (AvgIpc) is 3.29. The molecule has 2 fully saturated rings. The first kappa shape index (κ1) is 25.2. The molecule has 0 unspecified atom stereocenters. The molecule has 0 radical (unpaired) electrons. The Labute approximate surface area is 200 Å². The third kappa shape index (κ3) is 5.66. The van der Waals surface area contributed by atoms with E-state index in [1.54, 1.807) is 14.1 Å². The van der Waals surface area contributed by atoms with Gasteiger partial charge < -0.3 is 14.7 Å². The first-order chi connectivity index (χ1) is 16.5. The van der Waals surface area contributed by atoms with E-state index in [1.807, 2.05) is 0 Å². The molecule has 2 amide bonds. The summed E-state index contributed by atoms with van der Waals surface area (Å²) in [6, 6.07) is 3.70. The zero-order valence-electron chi connectivity index (χ0n) is 19.6. The lowest BCUT2D eigenvalue weighted by Gasteiger charge is -2.44. The van der Waals surface area contributed by atoms with Crippen molar-refractivity contribution in [3.05, 3.63) is 41.6 Å². The molecule has 1 aromatic carbocycles. The lowest BCUT2D eigenvalue weighted by atomic mass is 9.85. The summed E-state index contributed by atoms with van der Waals surface area (Å²) in [5, 5.41) is 6.54. The molecular formula is C24H28F4N4O3. The van der Waals surface area contributed by atoms with Gasteiger partial charge in [0.05, 0.1) is 11.5 Å². The molecule has 35 heavy (non-hydrogen) atoms. The van der Waals surface area contributed by atoms with Gasteiger partial charge in [-0.25, -0.2) is 17.6 Å². The SMILES string of the molecule is CN(C)C(=O)[C@@H]1CN(C2CCC(F)(F)CC2)CC[C@H]1NC(=O)c1cc(-c2ccc(F)cc2F)on1. The van der Waals surface area contributed by atoms with E-state index in [2.05, 4.69) is 15.4 Å². The van der Waals surface area contributed by atoms with Crippen molar-refractivity contribution in [1.82, 2.24) is 20.3 Å². The van der Waals surface area contributed by atoms with Crippen LogP contribution in [0.25, 0.3) is 11.3 Å². The summed E-state index contributed by atoms with van der Waals surface area (Å²) in [7, 11) is 3.25. The lowest BCUT2D eigenvalue weighted by molar-refractivity contribution is -0.136. The highest BCUT2D eigenvalue weighted by atomic mass is 19.3. The van der Waals surface area contributed by atoms with E-state index in [0.717, 1.165) is 6.07 Å². The summed E-state index contributed by atoms with van der Waals surface area (Å²) in [6.07, 6.45) is 0.872. The van der Waals surface area contributed by atoms with E-state index in [-0.39, 0.29) is 41.8 Å². The summed E-state index contributed by atoms with van der Waals surface area (Å²) in [4.78, 5) is 29.3. The third-order valence-electron chi connectivity index (χ3n) is 6.86. The highest BCUT2D eigenvalue weighted by Gasteiger charge is 2.42. The van der Waals surface area contributed by atoms with Crippen LogP contribution in [0, 0.1) is 17.6 Å². The fraction of sp³-hybridized carbons (Fsp3) is 0.542. The fourth-order valence-corrected chi connectivity index (χ4v) is 4.89. The van der Waals surface area contributed by atoms with Crippen LogP contribution in [0.5, 0.6) is 0 Å². The summed E-state index contributed by atoms with van der Waals surface area (Å²) >= 11 is 0. The number of carbonyl (C=O) groups excluding carboxylic acids is 2. The number of carbonyl (C=O) groups is 2. The maximum atomic E-state index is 14.1. The number of amides is 2. The number of aromatic nitrogens is 1. The first-order valence-corrected chi connectivity index (χ1v) is 11.6. The van der Waals surface area contributed by atoms with Gasteiger partial charge in [0.25, 0.3) is 5.91 Å². The summed E-state index contributed by atoms with van der Waals surface area (Å²) in [5.41, 5.74) is -0.137. The Balaban J connectivity index is 1.45. The zero-order chi connectivity index (χ0) is 25.3. The molecule has 2 aromatic rings. The Morgan fingerprint density at radius 3 is 2.51 bits per heavy atom. The number of hydrogen-bond donors (Lipinski definition) is 1. The fourth-order valence-electron chi connectivity index (χ4n) is 4.89. The molecular weight excluding hydrogens is 468 g/mol. The second-order valence-electron chi connectivity index (χ2n) is 9.49. The van der Waals surface area contributed by atoms with E-state index in [4.69, 9.17) is 4.52 Å². The minimum absolute atomic E-state index is 0.0209. The van der Waals surface area contributed by atoms with Crippen LogP contribution in [0.1, 0.15) is 42.6 Å². The molecule has 1 N–H and O–H groups in total. The Kier molecular flexibility index (Phi) is 7.16. The largest absolute Gasteiger partial charge is 0.355 e. The molecule has 7 nitrogen and oxygen atoms in total. The van der Waals surface area contributed by atoms with Gasteiger partial charge in [0, 0.05) is 64.2 Å². The van der Waals surface area contributed by atoms with Crippen molar-refractivity contribution in [2.75, 3.05) is 27.2 Å². The van der Waals surface area contributed by atoms with Crippen LogP contribution in [0.2, 0.25) is 0 Å². The molecule has 2 aliphatic rings. The minimum Gasteiger partial charge on any atom is -0.355 e. The van der Waals surface area contributed by atoms with Gasteiger partial charge in [0.1, 0.15) is 11.6 Å². The summed E-state index contributed by atoms with van der Waals surface area (Å²) in [6.45, 7) is 0.909. The number of benzene rings is 1. The molecule has 1 saturated heterocycles. The molecule has 1 saturated carbocycles. The third-order valence-corrected chi connectivity index (χ3v) is 6.86. The highest BCUT2D eigenvalue weighted by molar-refractivity contribution is 5.94. The van der Waals surface area contributed by atoms with Gasteiger partial charge in [0.2, 0.25) is 11.8 Å². The minimum atomic E-state index is -2.63. The number of piperidine rings is 1. The molecule has 190 valence electrons. The van der Waals surface area contributed by atoms with E-state index >= 15 is 0 Å². The van der Waals surface area contributed by atoms with Crippen molar-refractivity contribution >= 4 is 11.8 Å². The molecule has 0 spiro atoms. The quantitative estimate of drug-likeness (QED) is 0.639.